The van der Waals surface area contributed by atoms with Gasteiger partial charge in [0, 0.05) is 15.2 Å². The summed E-state index contributed by atoms with van der Waals surface area (Å²) in [5.41, 5.74) is 1.30. The highest BCUT2D eigenvalue weighted by atomic mass is 35.5. The summed E-state index contributed by atoms with van der Waals surface area (Å²) in [5.74, 6) is 0. The van der Waals surface area contributed by atoms with Crippen molar-refractivity contribution in [3.63, 3.8) is 0 Å². The van der Waals surface area contributed by atoms with Gasteiger partial charge in [-0.1, -0.05) is 31.5 Å². The normalized spacial score (nSPS) is 10.8. The van der Waals surface area contributed by atoms with E-state index in [0.717, 1.165) is 5.02 Å². The van der Waals surface area contributed by atoms with Gasteiger partial charge in [-0.05, 0) is 24.6 Å². The van der Waals surface area contributed by atoms with Crippen LogP contribution in [0.3, 0.4) is 0 Å². The van der Waals surface area contributed by atoms with E-state index < -0.39 is 0 Å². The minimum Gasteiger partial charge on any atom is -0.123 e. The maximum Gasteiger partial charge on any atom is 0.0417 e. The third kappa shape index (κ3) is 2.72. The van der Waals surface area contributed by atoms with E-state index in [1.807, 2.05) is 23.9 Å². The summed E-state index contributed by atoms with van der Waals surface area (Å²) in [6.07, 6.45) is 0. The third-order valence-electron chi connectivity index (χ3n) is 1.51. The van der Waals surface area contributed by atoms with Crippen LogP contribution < -0.4 is 0 Å². The Kier molecular flexibility index (Phi) is 3.48. The number of benzene rings is 1. The fourth-order valence-corrected chi connectivity index (χ4v) is 2.15. The van der Waals surface area contributed by atoms with Crippen LogP contribution >= 0.6 is 23.4 Å². The van der Waals surface area contributed by atoms with Crippen molar-refractivity contribution in [2.75, 3.05) is 0 Å². The smallest absolute Gasteiger partial charge is 0.0417 e. The Bertz CT molecular complexity index is 269. The van der Waals surface area contributed by atoms with E-state index in [9.17, 15) is 0 Å². The van der Waals surface area contributed by atoms with Gasteiger partial charge in [0.25, 0.3) is 0 Å². The van der Waals surface area contributed by atoms with Gasteiger partial charge in [0.05, 0.1) is 0 Å². The van der Waals surface area contributed by atoms with E-state index in [4.69, 9.17) is 11.6 Å². The zero-order valence-electron chi connectivity index (χ0n) is 7.60. The molecule has 0 unspecified atom stereocenters. The summed E-state index contributed by atoms with van der Waals surface area (Å²) in [7, 11) is 0. The highest BCUT2D eigenvalue weighted by Crippen LogP contribution is 2.28. The molecule has 2 heteroatoms. The Labute approximate surface area is 83.3 Å². The standard InChI is InChI=1S/C10H13ClS/c1-7(2)12-10-6-9(11)5-4-8(10)3/h4-7H,1-3H3. The quantitative estimate of drug-likeness (QED) is 0.647. The molecule has 1 aromatic carbocycles. The molecule has 1 aromatic rings. The number of hydrogen-bond acceptors (Lipinski definition) is 1. The molecule has 0 saturated heterocycles. The summed E-state index contributed by atoms with van der Waals surface area (Å²) in [6.45, 7) is 6.48. The lowest BCUT2D eigenvalue weighted by Gasteiger charge is -2.07. The van der Waals surface area contributed by atoms with Gasteiger partial charge in [0.1, 0.15) is 0 Å². The van der Waals surface area contributed by atoms with Crippen LogP contribution in [-0.4, -0.2) is 5.25 Å². The number of aryl methyl sites for hydroxylation is 1. The van der Waals surface area contributed by atoms with E-state index in [1.165, 1.54) is 10.5 Å². The average Bonchev–Trinajstić information content (AvgIpc) is 1.96. The molecule has 0 nitrogen and oxygen atoms in total. The minimum atomic E-state index is 0.613. The first-order chi connectivity index (χ1) is 5.59. The van der Waals surface area contributed by atoms with Crippen molar-refractivity contribution in [2.45, 2.75) is 30.9 Å². The molecule has 0 spiro atoms. The molecule has 0 heterocycles. The molecule has 0 fully saturated rings. The Morgan fingerprint density at radius 1 is 1.33 bits per heavy atom. The van der Waals surface area contributed by atoms with Gasteiger partial charge >= 0.3 is 0 Å². The van der Waals surface area contributed by atoms with E-state index in [0.29, 0.717) is 5.25 Å². The van der Waals surface area contributed by atoms with Gasteiger partial charge in [0.2, 0.25) is 0 Å². The molecule has 0 amide bonds. The fourth-order valence-electron chi connectivity index (χ4n) is 0.955. The van der Waals surface area contributed by atoms with Gasteiger partial charge in [-0.25, -0.2) is 0 Å². The van der Waals surface area contributed by atoms with Crippen LogP contribution in [0.4, 0.5) is 0 Å². The molecule has 1 rings (SSSR count). The average molecular weight is 201 g/mol. The molecule has 0 aliphatic rings. The number of halogens is 1. The fraction of sp³-hybridized carbons (Fsp3) is 0.400. The monoisotopic (exact) mass is 200 g/mol. The zero-order valence-corrected chi connectivity index (χ0v) is 9.17. The van der Waals surface area contributed by atoms with Crippen LogP contribution in [0.25, 0.3) is 0 Å². The molecular weight excluding hydrogens is 188 g/mol. The first-order valence-corrected chi connectivity index (χ1v) is 5.28. The highest BCUT2D eigenvalue weighted by molar-refractivity contribution is 8.00. The molecule has 0 aliphatic carbocycles. The van der Waals surface area contributed by atoms with Crippen LogP contribution in [0.2, 0.25) is 5.02 Å². The second-order valence-electron chi connectivity index (χ2n) is 3.08. The maximum absolute atomic E-state index is 5.89. The molecule has 0 N–H and O–H groups in total. The van der Waals surface area contributed by atoms with Crippen molar-refractivity contribution in [1.82, 2.24) is 0 Å². The Morgan fingerprint density at radius 2 is 2.00 bits per heavy atom. The second kappa shape index (κ2) is 4.20. The topological polar surface area (TPSA) is 0 Å². The van der Waals surface area contributed by atoms with Crippen LogP contribution in [0.15, 0.2) is 23.1 Å². The van der Waals surface area contributed by atoms with Gasteiger partial charge in [-0.3, -0.25) is 0 Å². The third-order valence-corrected chi connectivity index (χ3v) is 2.91. The van der Waals surface area contributed by atoms with Crippen LogP contribution in [0, 0.1) is 6.92 Å². The lowest BCUT2D eigenvalue weighted by molar-refractivity contribution is 1.10. The molecule has 0 atom stereocenters. The lowest BCUT2D eigenvalue weighted by Crippen LogP contribution is -1.88. The van der Waals surface area contributed by atoms with Gasteiger partial charge in [-0.2, -0.15) is 0 Å². The molecule has 66 valence electrons. The maximum atomic E-state index is 5.89. The van der Waals surface area contributed by atoms with Crippen molar-refractivity contribution in [1.29, 1.82) is 0 Å². The molecule has 0 aromatic heterocycles. The largest absolute Gasteiger partial charge is 0.123 e. The van der Waals surface area contributed by atoms with E-state index >= 15 is 0 Å². The summed E-state index contributed by atoms with van der Waals surface area (Å²) in [5, 5.41) is 1.44. The summed E-state index contributed by atoms with van der Waals surface area (Å²) >= 11 is 7.74. The second-order valence-corrected chi connectivity index (χ2v) is 5.13. The van der Waals surface area contributed by atoms with Gasteiger partial charge in [-0.15, -0.1) is 11.8 Å². The Hall–Kier alpha value is -0.140. The predicted octanol–water partition coefficient (Wildman–Crippen LogP) is 4.15. The van der Waals surface area contributed by atoms with Crippen LogP contribution in [-0.2, 0) is 0 Å². The van der Waals surface area contributed by atoms with Crippen molar-refractivity contribution < 1.29 is 0 Å². The Balaban J connectivity index is 2.90. The molecule has 0 bridgehead atoms. The molecule has 12 heavy (non-hydrogen) atoms. The first kappa shape index (κ1) is 9.94. The van der Waals surface area contributed by atoms with E-state index in [2.05, 4.69) is 26.8 Å². The van der Waals surface area contributed by atoms with Gasteiger partial charge in [0.15, 0.2) is 0 Å². The SMILES string of the molecule is Cc1ccc(Cl)cc1SC(C)C. The minimum absolute atomic E-state index is 0.613. The number of hydrogen-bond donors (Lipinski definition) is 0. The van der Waals surface area contributed by atoms with E-state index in [-0.39, 0.29) is 0 Å². The molecular formula is C10H13ClS. The first-order valence-electron chi connectivity index (χ1n) is 4.02. The number of thioether (sulfide) groups is 1. The van der Waals surface area contributed by atoms with Crippen molar-refractivity contribution in [3.8, 4) is 0 Å². The summed E-state index contributed by atoms with van der Waals surface area (Å²) < 4.78 is 0. The molecule has 0 saturated carbocycles. The van der Waals surface area contributed by atoms with Crippen LogP contribution in [0.5, 0.6) is 0 Å². The van der Waals surface area contributed by atoms with Crippen molar-refractivity contribution in [2.24, 2.45) is 0 Å². The van der Waals surface area contributed by atoms with Gasteiger partial charge < -0.3 is 0 Å². The summed E-state index contributed by atoms with van der Waals surface area (Å²) in [4.78, 5) is 1.29. The Morgan fingerprint density at radius 3 is 2.58 bits per heavy atom. The van der Waals surface area contributed by atoms with Crippen molar-refractivity contribution >= 4 is 23.4 Å². The van der Waals surface area contributed by atoms with Crippen LogP contribution in [0.1, 0.15) is 19.4 Å². The van der Waals surface area contributed by atoms with Crippen molar-refractivity contribution in [3.05, 3.63) is 28.8 Å². The number of rotatable bonds is 2. The predicted molar refractivity (Wildman–Crippen MR) is 57.2 cm³/mol. The highest BCUT2D eigenvalue weighted by Gasteiger charge is 2.02. The zero-order chi connectivity index (χ0) is 9.14. The molecule has 0 aliphatic heterocycles. The van der Waals surface area contributed by atoms with E-state index in [1.54, 1.807) is 0 Å². The molecule has 0 radical (unpaired) electrons. The lowest BCUT2D eigenvalue weighted by atomic mass is 10.2. The summed E-state index contributed by atoms with van der Waals surface area (Å²) in [6, 6.07) is 6.02.